The van der Waals surface area contributed by atoms with Gasteiger partial charge < -0.3 is 10.5 Å². The summed E-state index contributed by atoms with van der Waals surface area (Å²) in [4.78, 5) is 14.0. The first kappa shape index (κ1) is 25.5. The number of nitriles is 3. The van der Waals surface area contributed by atoms with Crippen LogP contribution in [0.15, 0.2) is 78.0 Å². The lowest BCUT2D eigenvalue weighted by molar-refractivity contribution is -0.138. The number of carbonyl (C=O) groups excluding carboxylic acids is 1. The first-order valence-electron chi connectivity index (χ1n) is 11.2. The molecule has 186 valence electrons. The highest BCUT2D eigenvalue weighted by atomic mass is 19.4. The normalized spacial score (nSPS) is 22.3. The van der Waals surface area contributed by atoms with Crippen LogP contribution in [0.5, 0.6) is 0 Å². The molecule has 37 heavy (non-hydrogen) atoms. The molecule has 0 saturated heterocycles. The van der Waals surface area contributed by atoms with E-state index in [1.807, 2.05) is 24.3 Å². The third-order valence-electron chi connectivity index (χ3n) is 6.76. The summed E-state index contributed by atoms with van der Waals surface area (Å²) in [6.45, 7) is -0.258. The van der Waals surface area contributed by atoms with Crippen molar-refractivity contribution < 1.29 is 22.7 Å². The van der Waals surface area contributed by atoms with Gasteiger partial charge in [-0.1, -0.05) is 48.5 Å². The molecule has 1 aliphatic heterocycles. The number of rotatable bonds is 3. The Balaban J connectivity index is 1.81. The van der Waals surface area contributed by atoms with E-state index < -0.39 is 41.1 Å². The maximum atomic E-state index is 14.0. The van der Waals surface area contributed by atoms with Crippen LogP contribution in [-0.4, -0.2) is 23.6 Å². The number of hydrogen-bond acceptors (Lipinski definition) is 6. The number of hydrogen-bond donors (Lipinski definition) is 1. The van der Waals surface area contributed by atoms with Gasteiger partial charge in [0.2, 0.25) is 0 Å². The van der Waals surface area contributed by atoms with E-state index in [0.717, 1.165) is 16.5 Å². The van der Waals surface area contributed by atoms with Crippen LogP contribution in [0.3, 0.4) is 0 Å². The quantitative estimate of drug-likeness (QED) is 0.643. The van der Waals surface area contributed by atoms with Crippen LogP contribution in [0.25, 0.3) is 0 Å². The van der Waals surface area contributed by atoms with Crippen LogP contribution in [0.2, 0.25) is 0 Å². The molecule has 0 bridgehead atoms. The molecule has 10 heteroatoms. The van der Waals surface area contributed by atoms with Gasteiger partial charge >= 0.3 is 12.3 Å². The maximum Gasteiger partial charge on any atom is 0.416 e. The largest absolute Gasteiger partial charge is 0.444 e. The van der Waals surface area contributed by atoms with E-state index in [2.05, 4.69) is 0 Å². The molecular formula is C27H20F3N5O2. The summed E-state index contributed by atoms with van der Waals surface area (Å²) >= 11 is 0. The average Bonchev–Trinajstić information content (AvgIpc) is 2.91. The fraction of sp³-hybridized carbons (Fsp3) is 0.259. The lowest BCUT2D eigenvalue weighted by atomic mass is 9.55. The molecule has 4 rings (SSSR count). The molecule has 0 saturated carbocycles. The monoisotopic (exact) mass is 503 g/mol. The van der Waals surface area contributed by atoms with Gasteiger partial charge in [-0.3, -0.25) is 4.90 Å². The smallest absolute Gasteiger partial charge is 0.416 e. The Bertz CT molecular complexity index is 1380. The Morgan fingerprint density at radius 3 is 2.35 bits per heavy atom. The van der Waals surface area contributed by atoms with Crippen molar-refractivity contribution in [1.82, 2.24) is 4.90 Å². The standard InChI is InChI=1S/C27H20F3N5O2/c28-27(29,30)22-9-5-4-8-19(22)23-21-13-35(25(36)37-14-17-6-2-1-3-7-17)11-10-18(21)20(12-31)24(34)26(23,15-32)16-33/h1-11,21,23-24H,13-14,34H2. The van der Waals surface area contributed by atoms with Crippen molar-refractivity contribution in [1.29, 1.82) is 15.8 Å². The minimum absolute atomic E-state index is 0.0354. The van der Waals surface area contributed by atoms with Crippen LogP contribution in [-0.2, 0) is 17.5 Å². The van der Waals surface area contributed by atoms with Crippen molar-refractivity contribution in [2.75, 3.05) is 6.54 Å². The van der Waals surface area contributed by atoms with Crippen molar-refractivity contribution >= 4 is 6.09 Å². The van der Waals surface area contributed by atoms with Gasteiger partial charge in [0.25, 0.3) is 0 Å². The predicted octanol–water partition coefficient (Wildman–Crippen LogP) is 4.77. The van der Waals surface area contributed by atoms with Crippen molar-refractivity contribution in [3.05, 3.63) is 94.7 Å². The fourth-order valence-corrected chi connectivity index (χ4v) is 5.02. The van der Waals surface area contributed by atoms with Gasteiger partial charge in [-0.2, -0.15) is 29.0 Å². The summed E-state index contributed by atoms with van der Waals surface area (Å²) in [7, 11) is 0. The van der Waals surface area contributed by atoms with Crippen molar-refractivity contribution in [3.8, 4) is 18.2 Å². The van der Waals surface area contributed by atoms with Crippen LogP contribution < -0.4 is 5.73 Å². The molecule has 0 radical (unpaired) electrons. The third kappa shape index (κ3) is 4.42. The number of benzene rings is 2. The summed E-state index contributed by atoms with van der Waals surface area (Å²) in [5, 5.41) is 30.1. The van der Waals surface area contributed by atoms with Gasteiger partial charge in [-0.15, -0.1) is 0 Å². The summed E-state index contributed by atoms with van der Waals surface area (Å²) in [5.41, 5.74) is 3.65. The zero-order chi connectivity index (χ0) is 26.8. The SMILES string of the molecule is N#CC1=C2C=CN(C(=O)OCc3ccccc3)CC2C(c2ccccc2C(F)(F)F)C(C#N)(C#N)C1N. The first-order valence-corrected chi connectivity index (χ1v) is 11.2. The van der Waals surface area contributed by atoms with E-state index >= 15 is 0 Å². The van der Waals surface area contributed by atoms with Crippen LogP contribution in [0.1, 0.15) is 22.6 Å². The molecule has 2 aromatic rings. The highest BCUT2D eigenvalue weighted by Gasteiger charge is 2.58. The summed E-state index contributed by atoms with van der Waals surface area (Å²) < 4.78 is 47.5. The lowest BCUT2D eigenvalue weighted by Crippen LogP contribution is -2.54. The number of amides is 1. The Morgan fingerprint density at radius 2 is 1.73 bits per heavy atom. The second-order valence-electron chi connectivity index (χ2n) is 8.73. The van der Waals surface area contributed by atoms with Gasteiger partial charge in [0.1, 0.15) is 6.61 Å². The number of fused-ring (bicyclic) bond motifs is 1. The zero-order valence-electron chi connectivity index (χ0n) is 19.3. The molecule has 0 spiro atoms. The number of nitrogens with two attached hydrogens (primary N) is 1. The summed E-state index contributed by atoms with van der Waals surface area (Å²) in [5.74, 6) is -2.40. The number of halogens is 3. The number of allylic oxidation sites excluding steroid dienone is 1. The average molecular weight is 503 g/mol. The highest BCUT2D eigenvalue weighted by Crippen LogP contribution is 2.54. The van der Waals surface area contributed by atoms with E-state index in [1.165, 1.54) is 30.5 Å². The Kier molecular flexibility index (Phi) is 6.76. The fourth-order valence-electron chi connectivity index (χ4n) is 5.02. The molecule has 2 N–H and O–H groups in total. The lowest BCUT2D eigenvalue weighted by Gasteiger charge is -2.47. The van der Waals surface area contributed by atoms with Crippen LogP contribution in [0, 0.1) is 45.3 Å². The van der Waals surface area contributed by atoms with Crippen molar-refractivity contribution in [3.63, 3.8) is 0 Å². The van der Waals surface area contributed by atoms with Crippen molar-refractivity contribution in [2.45, 2.75) is 24.7 Å². The number of nitrogens with zero attached hydrogens (tertiary/aromatic N) is 4. The molecular weight excluding hydrogens is 483 g/mol. The predicted molar refractivity (Wildman–Crippen MR) is 124 cm³/mol. The third-order valence-corrected chi connectivity index (χ3v) is 6.76. The molecule has 2 aromatic carbocycles. The first-order chi connectivity index (χ1) is 17.7. The van der Waals surface area contributed by atoms with Crippen molar-refractivity contribution in [2.24, 2.45) is 17.1 Å². The molecule has 1 aliphatic carbocycles. The number of alkyl halides is 3. The van der Waals surface area contributed by atoms with Gasteiger partial charge in [0.15, 0.2) is 5.41 Å². The maximum absolute atomic E-state index is 14.0. The molecule has 0 aromatic heterocycles. The van der Waals surface area contributed by atoms with Gasteiger partial charge in [-0.25, -0.2) is 4.79 Å². The Labute approximate surface area is 211 Å². The van der Waals surface area contributed by atoms with Gasteiger partial charge in [0, 0.05) is 24.6 Å². The van der Waals surface area contributed by atoms with Gasteiger partial charge in [0.05, 0.1) is 35.4 Å². The molecule has 1 heterocycles. The minimum atomic E-state index is -4.78. The van der Waals surface area contributed by atoms with E-state index in [-0.39, 0.29) is 29.9 Å². The Hall–Kier alpha value is -4.59. The minimum Gasteiger partial charge on any atom is -0.444 e. The van der Waals surface area contributed by atoms with E-state index in [1.54, 1.807) is 24.3 Å². The zero-order valence-corrected chi connectivity index (χ0v) is 19.3. The molecule has 2 aliphatic rings. The van der Waals surface area contributed by atoms with E-state index in [0.29, 0.717) is 0 Å². The van der Waals surface area contributed by atoms with Crippen LogP contribution in [0.4, 0.5) is 18.0 Å². The molecule has 0 fully saturated rings. The molecule has 7 nitrogen and oxygen atoms in total. The second-order valence-corrected chi connectivity index (χ2v) is 8.73. The molecule has 3 atom stereocenters. The molecule has 1 amide bonds. The van der Waals surface area contributed by atoms with Gasteiger partial charge in [-0.05, 0) is 28.8 Å². The topological polar surface area (TPSA) is 127 Å². The number of ether oxygens (including phenoxy) is 1. The number of carbonyl (C=O) groups is 1. The summed E-state index contributed by atoms with van der Waals surface area (Å²) in [6.07, 6.45) is -2.77. The van der Waals surface area contributed by atoms with Crippen LogP contribution >= 0.6 is 0 Å². The van der Waals surface area contributed by atoms with E-state index in [9.17, 15) is 33.8 Å². The molecule has 3 unspecified atom stereocenters. The van der Waals surface area contributed by atoms with E-state index in [4.69, 9.17) is 10.5 Å². The second kappa shape index (κ2) is 9.81. The highest BCUT2D eigenvalue weighted by molar-refractivity contribution is 5.70. The Morgan fingerprint density at radius 1 is 1.08 bits per heavy atom. The summed E-state index contributed by atoms with van der Waals surface area (Å²) in [6, 6.07) is 17.7.